The van der Waals surface area contributed by atoms with Crippen molar-refractivity contribution in [2.45, 2.75) is 80.6 Å². The molecule has 2 aromatic rings. The third-order valence-electron chi connectivity index (χ3n) is 4.77. The largest absolute Gasteiger partial charge is 0.256 e. The predicted molar refractivity (Wildman–Crippen MR) is 131 cm³/mol. The molecule has 0 aliphatic heterocycles. The Kier molecular flexibility index (Phi) is 15.3. The van der Waals surface area contributed by atoms with Crippen LogP contribution in [0.3, 0.4) is 0 Å². The Labute approximate surface area is 178 Å². The Morgan fingerprint density at radius 3 is 2.21 bits per heavy atom. The van der Waals surface area contributed by atoms with Crippen molar-refractivity contribution in [3.63, 3.8) is 0 Å². The fourth-order valence-corrected chi connectivity index (χ4v) is 3.16. The van der Waals surface area contributed by atoms with E-state index in [1.54, 1.807) is 11.3 Å². The van der Waals surface area contributed by atoms with Crippen LogP contribution in [0, 0.1) is 12.8 Å². The van der Waals surface area contributed by atoms with E-state index < -0.39 is 0 Å². The molecule has 156 valence electrons. The zero-order chi connectivity index (χ0) is 21.4. The van der Waals surface area contributed by atoms with Crippen LogP contribution in [0.15, 0.2) is 47.3 Å². The van der Waals surface area contributed by atoms with E-state index in [1.165, 1.54) is 47.9 Å². The van der Waals surface area contributed by atoms with Crippen molar-refractivity contribution in [1.29, 1.82) is 0 Å². The summed E-state index contributed by atoms with van der Waals surface area (Å²) in [6.45, 7) is 19.1. The number of pyridine rings is 1. The summed E-state index contributed by atoms with van der Waals surface area (Å²) in [4.78, 5) is 4.44. The van der Waals surface area contributed by atoms with Gasteiger partial charge in [0, 0.05) is 11.8 Å². The lowest BCUT2D eigenvalue weighted by atomic mass is 9.98. The van der Waals surface area contributed by atoms with Gasteiger partial charge in [-0.15, -0.1) is 0 Å². The lowest BCUT2D eigenvalue weighted by molar-refractivity contribution is 0.636. The van der Waals surface area contributed by atoms with E-state index in [4.69, 9.17) is 0 Å². The van der Waals surface area contributed by atoms with Crippen LogP contribution in [0.2, 0.25) is 0 Å². The molecular formula is C26H41NS. The van der Waals surface area contributed by atoms with Crippen LogP contribution in [0.5, 0.6) is 0 Å². The molecule has 2 heterocycles. The van der Waals surface area contributed by atoms with Gasteiger partial charge in [-0.25, -0.2) is 0 Å². The van der Waals surface area contributed by atoms with Crippen molar-refractivity contribution in [3.05, 3.63) is 58.6 Å². The van der Waals surface area contributed by atoms with Crippen LogP contribution in [-0.4, -0.2) is 4.98 Å². The SMILES string of the molecule is C/C=C\c1ncc(-c2ccsc2)cc1C.C=C(CC)C(C)CC.CCCCC. The van der Waals surface area contributed by atoms with Gasteiger partial charge in [-0.3, -0.25) is 4.98 Å². The highest BCUT2D eigenvalue weighted by Gasteiger charge is 2.01. The second kappa shape index (κ2) is 16.3. The van der Waals surface area contributed by atoms with E-state index in [1.807, 2.05) is 25.3 Å². The maximum atomic E-state index is 4.44. The van der Waals surface area contributed by atoms with E-state index in [2.05, 4.69) is 76.0 Å². The van der Waals surface area contributed by atoms with Crippen LogP contribution >= 0.6 is 11.3 Å². The molecule has 0 saturated heterocycles. The van der Waals surface area contributed by atoms with Gasteiger partial charge in [0.15, 0.2) is 0 Å². The van der Waals surface area contributed by atoms with E-state index in [0.29, 0.717) is 0 Å². The second-order valence-corrected chi connectivity index (χ2v) is 7.89. The Morgan fingerprint density at radius 1 is 1.18 bits per heavy atom. The molecule has 0 amide bonds. The minimum atomic E-state index is 0.722. The molecule has 28 heavy (non-hydrogen) atoms. The molecule has 0 bridgehead atoms. The van der Waals surface area contributed by atoms with Crippen molar-refractivity contribution in [3.8, 4) is 11.1 Å². The Hall–Kier alpha value is -1.67. The average molecular weight is 400 g/mol. The van der Waals surface area contributed by atoms with Gasteiger partial charge < -0.3 is 0 Å². The van der Waals surface area contributed by atoms with Gasteiger partial charge >= 0.3 is 0 Å². The number of aromatic nitrogens is 1. The summed E-state index contributed by atoms with van der Waals surface area (Å²) in [5.74, 6) is 0.722. The number of rotatable bonds is 7. The topological polar surface area (TPSA) is 12.9 Å². The number of aryl methyl sites for hydroxylation is 1. The number of unbranched alkanes of at least 4 members (excludes halogenated alkanes) is 2. The highest BCUT2D eigenvalue weighted by atomic mass is 32.1. The van der Waals surface area contributed by atoms with Gasteiger partial charge in [0.25, 0.3) is 0 Å². The Morgan fingerprint density at radius 2 is 1.86 bits per heavy atom. The molecule has 0 radical (unpaired) electrons. The number of hydrogen-bond acceptors (Lipinski definition) is 2. The molecule has 2 aromatic heterocycles. The molecule has 0 aliphatic rings. The molecule has 0 saturated carbocycles. The van der Waals surface area contributed by atoms with Crippen molar-refractivity contribution in [1.82, 2.24) is 4.98 Å². The van der Waals surface area contributed by atoms with Gasteiger partial charge in [0.1, 0.15) is 0 Å². The Balaban J connectivity index is 0.000000474. The summed E-state index contributed by atoms with van der Waals surface area (Å²) >= 11 is 1.71. The quantitative estimate of drug-likeness (QED) is 0.422. The zero-order valence-corrected chi connectivity index (χ0v) is 20.0. The number of hydrogen-bond donors (Lipinski definition) is 0. The summed E-state index contributed by atoms with van der Waals surface area (Å²) < 4.78 is 0. The first-order valence-electron chi connectivity index (χ1n) is 10.7. The molecule has 0 N–H and O–H groups in total. The van der Waals surface area contributed by atoms with Crippen LogP contribution in [0.25, 0.3) is 17.2 Å². The lowest BCUT2D eigenvalue weighted by Gasteiger charge is -2.08. The molecule has 0 fully saturated rings. The van der Waals surface area contributed by atoms with Crippen molar-refractivity contribution in [2.24, 2.45) is 5.92 Å². The van der Waals surface area contributed by atoms with Crippen LogP contribution < -0.4 is 0 Å². The van der Waals surface area contributed by atoms with Crippen LogP contribution in [0.4, 0.5) is 0 Å². The van der Waals surface area contributed by atoms with Gasteiger partial charge in [0.05, 0.1) is 5.69 Å². The summed E-state index contributed by atoms with van der Waals surface area (Å²) in [6, 6.07) is 4.31. The minimum Gasteiger partial charge on any atom is -0.256 e. The van der Waals surface area contributed by atoms with E-state index in [-0.39, 0.29) is 0 Å². The smallest absolute Gasteiger partial charge is 0.0655 e. The van der Waals surface area contributed by atoms with Gasteiger partial charge in [0.2, 0.25) is 0 Å². The number of allylic oxidation sites excluding steroid dienone is 2. The van der Waals surface area contributed by atoms with E-state index in [9.17, 15) is 0 Å². The number of thiophene rings is 1. The fraction of sp³-hybridized carbons (Fsp3) is 0.500. The maximum absolute atomic E-state index is 4.44. The fourth-order valence-electron chi connectivity index (χ4n) is 2.49. The standard InChI is InChI=1S/C13H13NS.C8H16.C5H12/c1-3-4-13-10(2)7-12(8-14-13)11-5-6-15-9-11;1-5-7(3)8(4)6-2;1-3-5-4-2/h3-9H,1-2H3;8H,3,5-6H2,1-2,4H3;3-5H2,1-2H3/b4-3-;;. The minimum absolute atomic E-state index is 0.722. The molecule has 1 nitrogen and oxygen atoms in total. The first kappa shape index (κ1) is 26.3. The summed E-state index contributed by atoms with van der Waals surface area (Å²) in [6.07, 6.45) is 12.4. The van der Waals surface area contributed by atoms with Gasteiger partial charge in [-0.1, -0.05) is 72.1 Å². The lowest BCUT2D eigenvalue weighted by Crippen LogP contribution is -1.93. The highest BCUT2D eigenvalue weighted by molar-refractivity contribution is 7.08. The molecule has 2 rings (SSSR count). The van der Waals surface area contributed by atoms with E-state index >= 15 is 0 Å². The average Bonchev–Trinajstić information content (AvgIpc) is 3.25. The van der Waals surface area contributed by atoms with Gasteiger partial charge in [-0.2, -0.15) is 11.3 Å². The molecule has 0 spiro atoms. The molecule has 0 aromatic carbocycles. The van der Waals surface area contributed by atoms with E-state index in [0.717, 1.165) is 18.0 Å². The summed E-state index contributed by atoms with van der Waals surface area (Å²) in [5.41, 5.74) is 6.10. The van der Waals surface area contributed by atoms with Crippen LogP contribution in [0.1, 0.15) is 84.9 Å². The first-order chi connectivity index (χ1) is 13.4. The predicted octanol–water partition coefficient (Wildman–Crippen LogP) is 9.35. The molecule has 1 atom stereocenters. The Bertz CT molecular complexity index is 666. The molecule has 2 heteroatoms. The second-order valence-electron chi connectivity index (χ2n) is 7.11. The number of nitrogens with zero attached hydrogens (tertiary/aromatic N) is 1. The van der Waals surface area contributed by atoms with Crippen molar-refractivity contribution < 1.29 is 0 Å². The monoisotopic (exact) mass is 399 g/mol. The van der Waals surface area contributed by atoms with Gasteiger partial charge in [-0.05, 0) is 72.7 Å². The normalized spacial score (nSPS) is 11.2. The zero-order valence-electron chi connectivity index (χ0n) is 19.2. The summed E-state index contributed by atoms with van der Waals surface area (Å²) in [5, 5.41) is 4.23. The molecule has 1 unspecified atom stereocenters. The van der Waals surface area contributed by atoms with Crippen LogP contribution in [-0.2, 0) is 0 Å². The summed E-state index contributed by atoms with van der Waals surface area (Å²) in [7, 11) is 0. The molecular weight excluding hydrogens is 358 g/mol. The third kappa shape index (κ3) is 10.6. The van der Waals surface area contributed by atoms with Crippen molar-refractivity contribution in [2.75, 3.05) is 0 Å². The molecule has 0 aliphatic carbocycles. The highest BCUT2D eigenvalue weighted by Crippen LogP contribution is 2.23. The maximum Gasteiger partial charge on any atom is 0.0655 e. The van der Waals surface area contributed by atoms with Crippen molar-refractivity contribution >= 4 is 17.4 Å². The third-order valence-corrected chi connectivity index (χ3v) is 5.45. The first-order valence-corrected chi connectivity index (χ1v) is 11.7.